The van der Waals surface area contributed by atoms with Gasteiger partial charge < -0.3 is 19.3 Å². The van der Waals surface area contributed by atoms with Crippen molar-refractivity contribution in [2.75, 3.05) is 21.7 Å². The lowest BCUT2D eigenvalue weighted by atomic mass is 9.82. The Morgan fingerprint density at radius 1 is 0.361 bits per heavy atom. The Bertz CT molecular complexity index is 4080. The van der Waals surface area contributed by atoms with Crippen LogP contribution in [0, 0.1) is 0 Å². The van der Waals surface area contributed by atoms with E-state index in [1.165, 1.54) is 77.2 Å². The Hall–Kier alpha value is -9.12. The van der Waals surface area contributed by atoms with E-state index in [0.29, 0.717) is 0 Å². The van der Waals surface area contributed by atoms with Crippen molar-refractivity contribution < 1.29 is 0 Å². The maximum atomic E-state index is 2.44. The fourth-order valence-electron chi connectivity index (χ4n) is 11.9. The van der Waals surface area contributed by atoms with Crippen LogP contribution in [0.15, 0.2) is 249 Å². The summed E-state index contributed by atoms with van der Waals surface area (Å²) in [5.74, 6) is 0. The number of nitrogens with zero attached hydrogens (tertiary/aromatic N) is 4. The molecule has 0 atom stereocenters. The van der Waals surface area contributed by atoms with Gasteiger partial charge in [0, 0.05) is 51.4 Å². The molecule has 4 heteroatoms. The van der Waals surface area contributed by atoms with Crippen molar-refractivity contribution in [2.45, 2.75) is 19.3 Å². The molecule has 2 heterocycles. The summed E-state index contributed by atoms with van der Waals surface area (Å²) in [6.07, 6.45) is 0. The molecule has 1 aromatic heterocycles. The first kappa shape index (κ1) is 41.8. The molecular formula is C68H50N4. The van der Waals surface area contributed by atoms with Crippen molar-refractivity contribution in [3.8, 4) is 39.1 Å². The molecule has 1 aliphatic carbocycles. The maximum absolute atomic E-state index is 2.44. The Kier molecular flexibility index (Phi) is 9.43. The largest absolute Gasteiger partial charge is 0.341 e. The minimum absolute atomic E-state index is 0.113. The molecule has 0 radical (unpaired) electrons. The van der Waals surface area contributed by atoms with Gasteiger partial charge in [-0.1, -0.05) is 166 Å². The predicted molar refractivity (Wildman–Crippen MR) is 304 cm³/mol. The van der Waals surface area contributed by atoms with Gasteiger partial charge in [0.15, 0.2) is 0 Å². The van der Waals surface area contributed by atoms with Crippen LogP contribution in [0.4, 0.5) is 45.5 Å². The summed E-state index contributed by atoms with van der Waals surface area (Å²) < 4.78 is 2.37. The van der Waals surface area contributed by atoms with Crippen LogP contribution in [-0.2, 0) is 5.41 Å². The summed E-state index contributed by atoms with van der Waals surface area (Å²) >= 11 is 0. The molecule has 14 rings (SSSR count). The highest BCUT2D eigenvalue weighted by Gasteiger charge is 2.36. The van der Waals surface area contributed by atoms with E-state index in [0.717, 1.165) is 51.1 Å². The minimum atomic E-state index is -0.113. The van der Waals surface area contributed by atoms with E-state index in [4.69, 9.17) is 0 Å². The summed E-state index contributed by atoms with van der Waals surface area (Å²) in [4.78, 5) is 7.19. The molecule has 11 aromatic carbocycles. The Morgan fingerprint density at radius 2 is 0.958 bits per heavy atom. The standard InChI is InChI=1S/C68H50N4/c1-68(2)59-23-11-9-21-55(59)56-39-38-53(44-60(56)68)70(61-27-15-17-47-16-7-8-20-54(47)61)51-34-28-46(29-35-51)49-33-41-66-67(43-49)69(3)64-25-13-14-26-65(64)72(66)52-36-30-45(31-37-52)48-32-40-63-58(42-48)57-22-10-12-24-62(57)71(63)50-18-5-4-6-19-50/h4-44H,1-3H3. The van der Waals surface area contributed by atoms with Gasteiger partial charge in [-0.2, -0.15) is 0 Å². The first-order valence-corrected chi connectivity index (χ1v) is 25.0. The molecule has 1 aliphatic heterocycles. The van der Waals surface area contributed by atoms with Gasteiger partial charge in [0.05, 0.1) is 39.5 Å². The Labute approximate surface area is 420 Å². The number of benzene rings is 11. The summed E-state index contributed by atoms with van der Waals surface area (Å²) in [5, 5.41) is 4.94. The zero-order valence-electron chi connectivity index (χ0n) is 40.5. The molecule has 0 N–H and O–H groups in total. The van der Waals surface area contributed by atoms with Crippen LogP contribution in [0.2, 0.25) is 0 Å². The summed E-state index contributed by atoms with van der Waals surface area (Å²) in [7, 11) is 2.19. The summed E-state index contributed by atoms with van der Waals surface area (Å²) in [6.45, 7) is 4.72. The van der Waals surface area contributed by atoms with Gasteiger partial charge in [0.2, 0.25) is 0 Å². The van der Waals surface area contributed by atoms with Crippen molar-refractivity contribution in [3.05, 3.63) is 260 Å². The van der Waals surface area contributed by atoms with E-state index in [9.17, 15) is 0 Å². The van der Waals surface area contributed by atoms with E-state index in [-0.39, 0.29) is 5.41 Å². The van der Waals surface area contributed by atoms with Crippen LogP contribution in [0.25, 0.3) is 71.6 Å². The molecule has 342 valence electrons. The number of anilines is 8. The molecule has 0 saturated carbocycles. The topological polar surface area (TPSA) is 14.7 Å². The van der Waals surface area contributed by atoms with Crippen LogP contribution < -0.4 is 14.7 Å². The third-order valence-electron chi connectivity index (χ3n) is 15.5. The third-order valence-corrected chi connectivity index (χ3v) is 15.5. The molecule has 2 aliphatic rings. The zero-order valence-corrected chi connectivity index (χ0v) is 40.5. The highest BCUT2D eigenvalue weighted by atomic mass is 15.3. The average molecular weight is 923 g/mol. The lowest BCUT2D eigenvalue weighted by molar-refractivity contribution is 0.660. The number of aromatic nitrogens is 1. The maximum Gasteiger partial charge on any atom is 0.0700 e. The molecule has 0 spiro atoms. The van der Waals surface area contributed by atoms with Gasteiger partial charge >= 0.3 is 0 Å². The lowest BCUT2D eigenvalue weighted by Crippen LogP contribution is -2.24. The molecule has 72 heavy (non-hydrogen) atoms. The van der Waals surface area contributed by atoms with Gasteiger partial charge in [-0.3, -0.25) is 0 Å². The van der Waals surface area contributed by atoms with E-state index in [2.05, 4.69) is 289 Å². The SMILES string of the molecule is CN1c2ccccc2N(c2ccc(-c3ccc4c(c3)c3ccccc3n4-c3ccccc3)cc2)c2ccc(-c3ccc(N(c4ccc5c(c4)C(C)(C)c4ccccc4-5)c4cccc5ccccc45)cc3)cc21. The van der Waals surface area contributed by atoms with E-state index in [1.54, 1.807) is 0 Å². The van der Waals surface area contributed by atoms with E-state index >= 15 is 0 Å². The normalized spacial score (nSPS) is 13.3. The number of hydrogen-bond acceptors (Lipinski definition) is 3. The van der Waals surface area contributed by atoms with Gasteiger partial charge in [-0.15, -0.1) is 0 Å². The van der Waals surface area contributed by atoms with Crippen molar-refractivity contribution >= 4 is 78.1 Å². The molecule has 0 saturated heterocycles. The van der Waals surface area contributed by atoms with Crippen molar-refractivity contribution in [3.63, 3.8) is 0 Å². The number of rotatable bonds is 7. The number of para-hydroxylation sites is 4. The van der Waals surface area contributed by atoms with Crippen LogP contribution >= 0.6 is 0 Å². The van der Waals surface area contributed by atoms with Gasteiger partial charge in [-0.05, 0) is 147 Å². The van der Waals surface area contributed by atoms with Crippen LogP contribution in [0.1, 0.15) is 25.0 Å². The number of fused-ring (bicyclic) bond motifs is 9. The lowest BCUT2D eigenvalue weighted by Gasteiger charge is -2.39. The van der Waals surface area contributed by atoms with E-state index < -0.39 is 0 Å². The fraction of sp³-hybridized carbons (Fsp3) is 0.0588. The predicted octanol–water partition coefficient (Wildman–Crippen LogP) is 18.6. The molecule has 4 nitrogen and oxygen atoms in total. The van der Waals surface area contributed by atoms with Crippen LogP contribution in [0.5, 0.6) is 0 Å². The molecule has 0 fully saturated rings. The molecular weight excluding hydrogens is 873 g/mol. The summed E-state index contributed by atoms with van der Waals surface area (Å²) in [6, 6.07) is 91.5. The minimum Gasteiger partial charge on any atom is -0.341 e. The number of hydrogen-bond donors (Lipinski definition) is 0. The Morgan fingerprint density at radius 3 is 1.79 bits per heavy atom. The first-order chi connectivity index (χ1) is 35.4. The van der Waals surface area contributed by atoms with Crippen LogP contribution in [-0.4, -0.2) is 11.6 Å². The average Bonchev–Trinajstić information content (AvgIpc) is 3.89. The Balaban J connectivity index is 0.817. The zero-order chi connectivity index (χ0) is 48.1. The highest BCUT2D eigenvalue weighted by molar-refractivity contribution is 6.10. The van der Waals surface area contributed by atoms with Gasteiger partial charge in [0.1, 0.15) is 0 Å². The fourth-order valence-corrected chi connectivity index (χ4v) is 11.9. The second-order valence-electron chi connectivity index (χ2n) is 19.8. The molecule has 0 unspecified atom stereocenters. The van der Waals surface area contributed by atoms with Gasteiger partial charge in [0.25, 0.3) is 0 Å². The van der Waals surface area contributed by atoms with Crippen molar-refractivity contribution in [1.82, 2.24) is 4.57 Å². The van der Waals surface area contributed by atoms with Gasteiger partial charge in [-0.25, -0.2) is 0 Å². The monoisotopic (exact) mass is 922 g/mol. The molecule has 12 aromatic rings. The van der Waals surface area contributed by atoms with Crippen molar-refractivity contribution in [2.24, 2.45) is 0 Å². The second-order valence-corrected chi connectivity index (χ2v) is 19.8. The third kappa shape index (κ3) is 6.46. The first-order valence-electron chi connectivity index (χ1n) is 25.0. The van der Waals surface area contributed by atoms with Crippen LogP contribution in [0.3, 0.4) is 0 Å². The smallest absolute Gasteiger partial charge is 0.0700 e. The van der Waals surface area contributed by atoms with Crippen molar-refractivity contribution in [1.29, 1.82) is 0 Å². The molecule has 0 amide bonds. The second kappa shape index (κ2) is 16.2. The quantitative estimate of drug-likeness (QED) is 0.158. The highest BCUT2D eigenvalue weighted by Crippen LogP contribution is 2.53. The molecule has 0 bridgehead atoms. The van der Waals surface area contributed by atoms with E-state index in [1.807, 2.05) is 0 Å². The summed E-state index contributed by atoms with van der Waals surface area (Å²) in [5.41, 5.74) is 22.7.